The largest absolute Gasteiger partial charge is 0.691 e. The molecular weight excluding hydrogens is 629 g/mol. The minimum atomic E-state index is -3.32. The summed E-state index contributed by atoms with van der Waals surface area (Å²) in [7, 11) is -6.63. The maximum atomic E-state index is 11.6. The van der Waals surface area contributed by atoms with Gasteiger partial charge in [-0.25, -0.2) is 30.9 Å². The molecule has 0 amide bonds. The first-order valence-corrected chi connectivity index (χ1v) is 18.4. The van der Waals surface area contributed by atoms with Crippen molar-refractivity contribution in [2.75, 3.05) is 56.7 Å². The lowest BCUT2D eigenvalue weighted by atomic mass is 9.93. The van der Waals surface area contributed by atoms with Crippen molar-refractivity contribution in [2.24, 2.45) is 0 Å². The van der Waals surface area contributed by atoms with E-state index >= 15 is 0 Å². The van der Waals surface area contributed by atoms with Crippen molar-refractivity contribution in [3.63, 3.8) is 0 Å². The van der Waals surface area contributed by atoms with E-state index in [1.54, 1.807) is 0 Å². The Labute approximate surface area is 261 Å². The van der Waals surface area contributed by atoms with E-state index in [0.717, 1.165) is 57.7 Å². The summed E-state index contributed by atoms with van der Waals surface area (Å²) in [6.07, 6.45) is 2.26. The van der Waals surface area contributed by atoms with E-state index in [-0.39, 0.29) is 13.1 Å². The van der Waals surface area contributed by atoms with Gasteiger partial charge in [0, 0.05) is 58.9 Å². The van der Waals surface area contributed by atoms with Gasteiger partial charge in [-0.05, 0) is 43.7 Å². The summed E-state index contributed by atoms with van der Waals surface area (Å²) in [6, 6.07) is 19.2. The predicted molar refractivity (Wildman–Crippen MR) is 171 cm³/mol. The molecule has 0 unspecified atom stereocenters. The molecule has 1 aliphatic carbocycles. The number of likely N-dealkylation sites (N-methyl/N-ethyl adjacent to an activating group) is 2. The molecule has 0 bridgehead atoms. The van der Waals surface area contributed by atoms with E-state index in [1.165, 1.54) is 0 Å². The highest BCUT2D eigenvalue weighted by atomic mass is 32.2. The highest BCUT2D eigenvalue weighted by molar-refractivity contribution is 7.94. The molecule has 238 valence electrons. The summed E-state index contributed by atoms with van der Waals surface area (Å²) in [5.41, 5.74) is 3.93. The number of anilines is 1. The number of benzene rings is 3. The standard InChI is InChI=1S/C29H36N4O8S3/c1-5-32(17-15-30-43(3,35)36)21-11-13-23-26(19-21)39-27-20-22(33(6-2)18-16-31-44(4,37)38)12-14-24(27)29(23)25-9-7-8-10-28(25)42-41-40-34/h7-14,19-20,30-31H,5-6,15-18H2,1-4H3. The van der Waals surface area contributed by atoms with Crippen LogP contribution in [0, 0.1) is 0 Å². The van der Waals surface area contributed by atoms with E-state index in [2.05, 4.69) is 18.8 Å². The van der Waals surface area contributed by atoms with Crippen LogP contribution in [-0.4, -0.2) is 68.6 Å². The van der Waals surface area contributed by atoms with Crippen LogP contribution in [0.4, 0.5) is 5.69 Å². The smallest absolute Gasteiger partial charge is 0.208 e. The molecule has 0 saturated heterocycles. The normalized spacial score (nSPS) is 13.0. The molecule has 1 heterocycles. The van der Waals surface area contributed by atoms with Gasteiger partial charge < -0.3 is 14.6 Å². The Kier molecular flexibility index (Phi) is 11.4. The predicted octanol–water partition coefficient (Wildman–Crippen LogP) is 2.15. The highest BCUT2D eigenvalue weighted by Crippen LogP contribution is 2.44. The summed E-state index contributed by atoms with van der Waals surface area (Å²) >= 11 is 0.810. The van der Waals surface area contributed by atoms with Crippen LogP contribution >= 0.6 is 12.0 Å². The van der Waals surface area contributed by atoms with Gasteiger partial charge in [-0.15, -0.1) is 0 Å². The van der Waals surface area contributed by atoms with Gasteiger partial charge in [0.25, 0.3) is 0 Å². The molecule has 2 aromatic carbocycles. The fourth-order valence-electron chi connectivity index (χ4n) is 5.02. The Hall–Kier alpha value is -3.02. The number of sulfonamides is 2. The molecular formula is C29H36N4O8S3. The summed E-state index contributed by atoms with van der Waals surface area (Å²) in [5, 5.41) is 16.0. The minimum Gasteiger partial charge on any atom is -0.691 e. The van der Waals surface area contributed by atoms with Gasteiger partial charge >= 0.3 is 0 Å². The number of nitrogens with one attached hydrogen (secondary N) is 2. The number of nitrogens with zero attached hydrogens (tertiary/aromatic N) is 2. The summed E-state index contributed by atoms with van der Waals surface area (Å²) in [6.45, 7) is 6.67. The third-order valence-electron chi connectivity index (χ3n) is 6.98. The maximum Gasteiger partial charge on any atom is 0.208 e. The topological polar surface area (TPSA) is 153 Å². The van der Waals surface area contributed by atoms with Gasteiger partial charge in [-0.3, -0.25) is 5.04 Å². The quantitative estimate of drug-likeness (QED) is 0.0636. The third-order valence-corrected chi connectivity index (χ3v) is 9.10. The SMILES string of the molecule is CCN(CCNS(C)(=O)=O)c1ccc2c(-c3ccccc3SOO[O-])c3ccc(=[N+](CC)CCNS(C)(=O)=O)cc-3oc2c1. The van der Waals surface area contributed by atoms with E-state index < -0.39 is 20.0 Å². The van der Waals surface area contributed by atoms with E-state index in [1.807, 2.05) is 84.0 Å². The lowest BCUT2D eigenvalue weighted by molar-refractivity contribution is -0.777. The molecule has 0 aromatic heterocycles. The highest BCUT2D eigenvalue weighted by Gasteiger charge is 2.22. The molecule has 44 heavy (non-hydrogen) atoms. The first kappa shape index (κ1) is 33.9. The van der Waals surface area contributed by atoms with Crippen molar-refractivity contribution in [3.05, 3.63) is 66.0 Å². The lowest BCUT2D eigenvalue weighted by Crippen LogP contribution is -2.37. The van der Waals surface area contributed by atoms with Gasteiger partial charge in [0.05, 0.1) is 37.2 Å². The molecule has 0 atom stereocenters. The zero-order valence-corrected chi connectivity index (χ0v) is 27.4. The van der Waals surface area contributed by atoms with Gasteiger partial charge in [0.2, 0.25) is 25.4 Å². The van der Waals surface area contributed by atoms with Crippen molar-refractivity contribution < 1.29 is 35.9 Å². The van der Waals surface area contributed by atoms with Crippen LogP contribution < -0.4 is 29.5 Å². The Bertz CT molecular complexity index is 1860. The van der Waals surface area contributed by atoms with Crippen LogP contribution in [0.3, 0.4) is 0 Å². The van der Waals surface area contributed by atoms with Crippen LogP contribution in [-0.2, 0) is 29.4 Å². The Morgan fingerprint density at radius 3 is 2.34 bits per heavy atom. The molecule has 2 aromatic rings. The fourth-order valence-corrected chi connectivity index (χ4v) is 6.44. The van der Waals surface area contributed by atoms with Crippen LogP contribution in [0.2, 0.25) is 0 Å². The maximum absolute atomic E-state index is 11.6. The molecule has 1 aliphatic heterocycles. The van der Waals surface area contributed by atoms with E-state index in [0.29, 0.717) is 42.4 Å². The summed E-state index contributed by atoms with van der Waals surface area (Å²) in [5.74, 6) is 0.597. The second-order valence-electron chi connectivity index (χ2n) is 10.0. The molecule has 2 aliphatic rings. The Morgan fingerprint density at radius 2 is 1.66 bits per heavy atom. The monoisotopic (exact) mass is 664 g/mol. The third kappa shape index (κ3) is 8.79. The second kappa shape index (κ2) is 14.8. The fraction of sp³-hybridized carbons (Fsp3) is 0.345. The van der Waals surface area contributed by atoms with Crippen LogP contribution in [0.25, 0.3) is 33.4 Å². The van der Waals surface area contributed by atoms with Crippen molar-refractivity contribution >= 4 is 48.7 Å². The van der Waals surface area contributed by atoms with Crippen molar-refractivity contribution in [1.29, 1.82) is 0 Å². The van der Waals surface area contributed by atoms with Crippen LogP contribution in [0.5, 0.6) is 0 Å². The van der Waals surface area contributed by atoms with Gasteiger partial charge in [-0.2, -0.15) is 4.33 Å². The molecule has 4 rings (SSSR count). The number of hydrogen-bond acceptors (Lipinski definition) is 10. The molecule has 0 radical (unpaired) electrons. The lowest BCUT2D eigenvalue weighted by Gasteiger charge is -2.24. The van der Waals surface area contributed by atoms with E-state index in [9.17, 15) is 22.1 Å². The van der Waals surface area contributed by atoms with Gasteiger partial charge in [0.15, 0.2) is 6.54 Å². The summed E-state index contributed by atoms with van der Waals surface area (Å²) in [4.78, 5) is 2.71. The summed E-state index contributed by atoms with van der Waals surface area (Å²) < 4.78 is 64.7. The molecule has 0 spiro atoms. The second-order valence-corrected chi connectivity index (χ2v) is 14.5. The molecule has 12 nitrogen and oxygen atoms in total. The zero-order valence-electron chi connectivity index (χ0n) is 24.9. The zero-order chi connectivity index (χ0) is 31.9. The minimum absolute atomic E-state index is 0.252. The molecule has 0 fully saturated rings. The van der Waals surface area contributed by atoms with Crippen LogP contribution in [0.15, 0.2) is 70.0 Å². The number of rotatable bonds is 15. The average Bonchev–Trinajstić information content (AvgIpc) is 2.98. The first-order chi connectivity index (χ1) is 20.9. The Balaban J connectivity index is 1.91. The van der Waals surface area contributed by atoms with Crippen molar-refractivity contribution in [3.8, 4) is 22.5 Å². The van der Waals surface area contributed by atoms with Crippen molar-refractivity contribution in [1.82, 2.24) is 14.0 Å². The van der Waals surface area contributed by atoms with Gasteiger partial charge in [-0.1, -0.05) is 18.2 Å². The number of fused-ring (bicyclic) bond motifs is 2. The Morgan fingerprint density at radius 1 is 0.932 bits per heavy atom. The van der Waals surface area contributed by atoms with Crippen LogP contribution in [0.1, 0.15) is 13.8 Å². The number of hydrogen-bond donors (Lipinski definition) is 2. The average molecular weight is 665 g/mol. The molecule has 2 N–H and O–H groups in total. The van der Waals surface area contributed by atoms with Gasteiger partial charge in [0.1, 0.15) is 17.9 Å². The molecule has 0 saturated carbocycles. The van der Waals surface area contributed by atoms with Crippen molar-refractivity contribution in [2.45, 2.75) is 18.7 Å². The first-order valence-electron chi connectivity index (χ1n) is 13.9. The molecule has 15 heteroatoms. The van der Waals surface area contributed by atoms with E-state index in [4.69, 9.17) is 4.42 Å².